The average Bonchev–Trinajstić information content (AvgIpc) is 1.88. The molecule has 1 heterocycles. The summed E-state index contributed by atoms with van der Waals surface area (Å²) in [4.78, 5) is 0. The van der Waals surface area contributed by atoms with Crippen LogP contribution >= 0.6 is 0 Å². The lowest BCUT2D eigenvalue weighted by atomic mass is 9.86. The summed E-state index contributed by atoms with van der Waals surface area (Å²) < 4.78 is 0. The molecule has 0 saturated carbocycles. The van der Waals surface area contributed by atoms with Crippen molar-refractivity contribution in [2.24, 2.45) is 5.92 Å². The van der Waals surface area contributed by atoms with E-state index in [4.69, 9.17) is 0 Å². The van der Waals surface area contributed by atoms with Crippen molar-refractivity contribution in [3.05, 3.63) is 0 Å². The van der Waals surface area contributed by atoms with Crippen LogP contribution in [0.2, 0.25) is 0 Å². The molecule has 0 radical (unpaired) electrons. The van der Waals surface area contributed by atoms with Crippen molar-refractivity contribution in [1.82, 2.24) is 5.32 Å². The quantitative estimate of drug-likeness (QED) is 0.632. The summed E-state index contributed by atoms with van der Waals surface area (Å²) in [6.45, 7) is 5.83. The molecule has 60 valence electrons. The van der Waals surface area contributed by atoms with Gasteiger partial charge in [0, 0.05) is 6.04 Å². The van der Waals surface area contributed by atoms with Gasteiger partial charge in [0.05, 0.1) is 0 Å². The van der Waals surface area contributed by atoms with Gasteiger partial charge < -0.3 is 5.32 Å². The molecule has 10 heavy (non-hydrogen) atoms. The predicted octanol–water partition coefficient (Wildman–Crippen LogP) is 2.17. The summed E-state index contributed by atoms with van der Waals surface area (Å²) >= 11 is 0. The third-order valence-electron chi connectivity index (χ3n) is 2.60. The molecule has 1 saturated heterocycles. The van der Waals surface area contributed by atoms with E-state index in [1.165, 1.54) is 32.2 Å². The third kappa shape index (κ3) is 1.72. The van der Waals surface area contributed by atoms with Crippen molar-refractivity contribution in [3.8, 4) is 0 Å². The smallest absolute Gasteiger partial charge is 0.0107 e. The van der Waals surface area contributed by atoms with Gasteiger partial charge in [0.1, 0.15) is 0 Å². The van der Waals surface area contributed by atoms with Gasteiger partial charge in [-0.05, 0) is 18.9 Å². The maximum absolute atomic E-state index is 3.48. The molecule has 1 heteroatoms. The molecule has 1 unspecified atom stereocenters. The second kappa shape index (κ2) is 3.97. The van der Waals surface area contributed by atoms with Gasteiger partial charge >= 0.3 is 0 Å². The van der Waals surface area contributed by atoms with E-state index in [2.05, 4.69) is 19.2 Å². The van der Waals surface area contributed by atoms with E-state index in [0.717, 1.165) is 12.0 Å². The van der Waals surface area contributed by atoms with E-state index in [1.807, 2.05) is 0 Å². The van der Waals surface area contributed by atoms with Gasteiger partial charge in [0.25, 0.3) is 0 Å². The third-order valence-corrected chi connectivity index (χ3v) is 2.60. The second-order valence-electron chi connectivity index (χ2n) is 3.33. The summed E-state index contributed by atoms with van der Waals surface area (Å²) in [5.41, 5.74) is 0. The molecule has 1 aliphatic rings. The number of nitrogens with one attached hydrogen (secondary N) is 1. The van der Waals surface area contributed by atoms with Crippen LogP contribution in [-0.2, 0) is 0 Å². The van der Waals surface area contributed by atoms with Gasteiger partial charge in [0.15, 0.2) is 0 Å². The van der Waals surface area contributed by atoms with E-state index in [0.29, 0.717) is 0 Å². The van der Waals surface area contributed by atoms with Gasteiger partial charge in [-0.15, -0.1) is 0 Å². The normalized spacial score (nSPS) is 31.8. The molecule has 0 spiro atoms. The first kappa shape index (κ1) is 8.06. The molecule has 0 aromatic heterocycles. The molecule has 2 atom stereocenters. The van der Waals surface area contributed by atoms with Crippen molar-refractivity contribution < 1.29 is 0 Å². The molecule has 0 bridgehead atoms. The average molecular weight is 141 g/mol. The summed E-state index contributed by atoms with van der Waals surface area (Å²) in [6, 6.07) is 0.866. The Bertz CT molecular complexity index is 88.7. The van der Waals surface area contributed by atoms with Crippen LogP contribution < -0.4 is 5.32 Å². The Balaban J connectivity index is 2.05. The Morgan fingerprint density at radius 2 is 2.20 bits per heavy atom. The second-order valence-corrected chi connectivity index (χ2v) is 3.33. The summed E-state index contributed by atoms with van der Waals surface area (Å²) in [7, 11) is 0. The van der Waals surface area contributed by atoms with Crippen molar-refractivity contribution in [1.29, 1.82) is 0 Å². The first-order valence-electron chi connectivity index (χ1n) is 4.61. The summed E-state index contributed by atoms with van der Waals surface area (Å²) in [5.74, 6) is 0.992. The fourth-order valence-electron chi connectivity index (χ4n) is 1.64. The van der Waals surface area contributed by atoms with Crippen LogP contribution in [-0.4, -0.2) is 12.6 Å². The first-order chi connectivity index (χ1) is 4.88. The van der Waals surface area contributed by atoms with Crippen molar-refractivity contribution in [2.75, 3.05) is 6.54 Å². The van der Waals surface area contributed by atoms with Gasteiger partial charge in [-0.2, -0.15) is 0 Å². The van der Waals surface area contributed by atoms with Crippen LogP contribution in [0.3, 0.4) is 0 Å². The Kier molecular flexibility index (Phi) is 3.20. The minimum absolute atomic E-state index is 0.866. The maximum Gasteiger partial charge on any atom is 0.0107 e. The molecule has 1 N–H and O–H groups in total. The molecule has 1 aliphatic heterocycles. The highest BCUT2D eigenvalue weighted by molar-refractivity contribution is 4.86. The van der Waals surface area contributed by atoms with Crippen molar-refractivity contribution in [3.63, 3.8) is 0 Å². The Hall–Kier alpha value is -0.0400. The summed E-state index contributed by atoms with van der Waals surface area (Å²) in [6.07, 6.45) is 5.50. The van der Waals surface area contributed by atoms with Gasteiger partial charge in [0.2, 0.25) is 0 Å². The molecule has 0 aromatic rings. The Labute approximate surface area is 64.2 Å². The van der Waals surface area contributed by atoms with E-state index in [1.54, 1.807) is 0 Å². The zero-order valence-corrected chi connectivity index (χ0v) is 7.19. The van der Waals surface area contributed by atoms with Crippen LogP contribution in [0.15, 0.2) is 0 Å². The topological polar surface area (TPSA) is 12.0 Å². The minimum Gasteiger partial charge on any atom is -0.313 e. The lowest BCUT2D eigenvalue weighted by Gasteiger charge is -2.37. The van der Waals surface area contributed by atoms with E-state index >= 15 is 0 Å². The highest BCUT2D eigenvalue weighted by Crippen LogP contribution is 2.21. The van der Waals surface area contributed by atoms with Crippen molar-refractivity contribution in [2.45, 2.75) is 45.6 Å². The highest BCUT2D eigenvalue weighted by atomic mass is 15.0. The van der Waals surface area contributed by atoms with E-state index in [9.17, 15) is 0 Å². The summed E-state index contributed by atoms with van der Waals surface area (Å²) in [5, 5.41) is 3.48. The predicted molar refractivity (Wildman–Crippen MR) is 45.1 cm³/mol. The number of unbranched alkanes of at least 4 members (excludes halogenated alkanes) is 1. The molecule has 0 aromatic carbocycles. The minimum atomic E-state index is 0.866. The van der Waals surface area contributed by atoms with Gasteiger partial charge in [-0.25, -0.2) is 0 Å². The zero-order chi connectivity index (χ0) is 7.40. The van der Waals surface area contributed by atoms with E-state index in [-0.39, 0.29) is 0 Å². The van der Waals surface area contributed by atoms with Crippen LogP contribution in [0.5, 0.6) is 0 Å². The van der Waals surface area contributed by atoms with Crippen LogP contribution in [0, 0.1) is 5.92 Å². The number of rotatable bonds is 4. The highest BCUT2D eigenvalue weighted by Gasteiger charge is 2.27. The SMILES string of the molecule is CCCC[C@@H]1NCC1CC. The fourth-order valence-corrected chi connectivity index (χ4v) is 1.64. The monoisotopic (exact) mass is 141 g/mol. The fraction of sp³-hybridized carbons (Fsp3) is 1.00. The van der Waals surface area contributed by atoms with Gasteiger partial charge in [-0.1, -0.05) is 33.1 Å². The lowest BCUT2D eigenvalue weighted by Crippen LogP contribution is -2.52. The molecule has 1 fully saturated rings. The van der Waals surface area contributed by atoms with Crippen LogP contribution in [0.4, 0.5) is 0 Å². The first-order valence-corrected chi connectivity index (χ1v) is 4.61. The van der Waals surface area contributed by atoms with E-state index < -0.39 is 0 Å². The molecular weight excluding hydrogens is 122 g/mol. The number of hydrogen-bond acceptors (Lipinski definition) is 1. The molecule has 0 aliphatic carbocycles. The maximum atomic E-state index is 3.48. The molecular formula is C9H19N. The number of hydrogen-bond donors (Lipinski definition) is 1. The van der Waals surface area contributed by atoms with Crippen molar-refractivity contribution >= 4 is 0 Å². The van der Waals surface area contributed by atoms with Gasteiger partial charge in [-0.3, -0.25) is 0 Å². The Morgan fingerprint density at radius 1 is 1.40 bits per heavy atom. The zero-order valence-electron chi connectivity index (χ0n) is 7.19. The molecule has 1 rings (SSSR count). The Morgan fingerprint density at radius 3 is 2.60 bits per heavy atom. The standard InChI is InChI=1S/C9H19N/c1-3-5-6-9-8(4-2)7-10-9/h8-10H,3-7H2,1-2H3/t8?,9-/m0/s1. The van der Waals surface area contributed by atoms with Crippen LogP contribution in [0.1, 0.15) is 39.5 Å². The largest absolute Gasteiger partial charge is 0.313 e. The van der Waals surface area contributed by atoms with Crippen LogP contribution in [0.25, 0.3) is 0 Å². The lowest BCUT2D eigenvalue weighted by molar-refractivity contribution is 0.210. The molecule has 1 nitrogen and oxygen atoms in total. The molecule has 0 amide bonds.